The molecular weight excluding hydrogens is 496 g/mol. The van der Waals surface area contributed by atoms with Crippen LogP contribution < -0.4 is 20.1 Å². The summed E-state index contributed by atoms with van der Waals surface area (Å²) in [6, 6.07) is 11.6. The number of carbonyl (C=O) groups is 3. The van der Waals surface area contributed by atoms with E-state index in [4.69, 9.17) is 21.1 Å². The van der Waals surface area contributed by atoms with Gasteiger partial charge in [-0.1, -0.05) is 35.9 Å². The zero-order chi connectivity index (χ0) is 26.5. The van der Waals surface area contributed by atoms with Crippen LogP contribution in [0.25, 0.3) is 0 Å². The fourth-order valence-electron chi connectivity index (χ4n) is 4.55. The predicted octanol–water partition coefficient (Wildman–Crippen LogP) is 3.06. The highest BCUT2D eigenvalue weighted by atomic mass is 35.5. The SMILES string of the molecule is C=CCN1C(=O)N[C@H](c2cccc(Cl)c2)C2=C1CN(CC(=O)NCCc1ccc(OC)c(OC)c1)C2=O. The van der Waals surface area contributed by atoms with Gasteiger partial charge in [0.05, 0.1) is 38.1 Å². The van der Waals surface area contributed by atoms with Crippen molar-refractivity contribution in [2.45, 2.75) is 12.5 Å². The van der Waals surface area contributed by atoms with E-state index in [9.17, 15) is 14.4 Å². The summed E-state index contributed by atoms with van der Waals surface area (Å²) in [5, 5.41) is 6.26. The number of halogens is 1. The molecule has 2 heterocycles. The first kappa shape index (κ1) is 26.1. The van der Waals surface area contributed by atoms with Gasteiger partial charge in [-0.15, -0.1) is 6.58 Å². The quantitative estimate of drug-likeness (QED) is 0.465. The largest absolute Gasteiger partial charge is 0.493 e. The second kappa shape index (κ2) is 11.4. The summed E-state index contributed by atoms with van der Waals surface area (Å²) in [5.74, 6) is 0.660. The molecule has 0 aromatic heterocycles. The van der Waals surface area contributed by atoms with Gasteiger partial charge in [0.1, 0.15) is 6.54 Å². The summed E-state index contributed by atoms with van der Waals surface area (Å²) in [6.45, 7) is 4.37. The first-order valence-corrected chi connectivity index (χ1v) is 12.2. The monoisotopic (exact) mass is 524 g/mol. The summed E-state index contributed by atoms with van der Waals surface area (Å²) >= 11 is 6.17. The summed E-state index contributed by atoms with van der Waals surface area (Å²) in [7, 11) is 3.14. The maximum atomic E-state index is 13.5. The third-order valence-electron chi connectivity index (χ3n) is 6.31. The van der Waals surface area contributed by atoms with E-state index in [1.54, 1.807) is 44.6 Å². The Morgan fingerprint density at radius 1 is 1.19 bits per heavy atom. The number of ether oxygens (including phenoxy) is 2. The molecule has 4 amide bonds. The van der Waals surface area contributed by atoms with E-state index in [0.717, 1.165) is 5.56 Å². The smallest absolute Gasteiger partial charge is 0.322 e. The Hall–Kier alpha value is -3.98. The molecule has 0 unspecified atom stereocenters. The average molecular weight is 525 g/mol. The molecule has 2 N–H and O–H groups in total. The highest BCUT2D eigenvalue weighted by Gasteiger charge is 2.44. The van der Waals surface area contributed by atoms with Crippen LogP contribution in [0.1, 0.15) is 17.2 Å². The average Bonchev–Trinajstić information content (AvgIpc) is 3.20. The molecule has 10 heteroatoms. The summed E-state index contributed by atoms with van der Waals surface area (Å²) in [4.78, 5) is 42.0. The van der Waals surface area contributed by atoms with Crippen molar-refractivity contribution in [2.75, 3.05) is 40.4 Å². The van der Waals surface area contributed by atoms with Gasteiger partial charge < -0.3 is 25.0 Å². The number of benzene rings is 2. The van der Waals surface area contributed by atoms with Gasteiger partial charge in [0.25, 0.3) is 5.91 Å². The lowest BCUT2D eigenvalue weighted by molar-refractivity contribution is -0.131. The van der Waals surface area contributed by atoms with Crippen molar-refractivity contribution in [3.8, 4) is 11.5 Å². The number of hydrogen-bond acceptors (Lipinski definition) is 5. The van der Waals surface area contributed by atoms with Crippen molar-refractivity contribution in [3.63, 3.8) is 0 Å². The van der Waals surface area contributed by atoms with Gasteiger partial charge in [0.15, 0.2) is 11.5 Å². The minimum atomic E-state index is -0.659. The molecule has 194 valence electrons. The van der Waals surface area contributed by atoms with Crippen LogP contribution in [-0.2, 0) is 16.0 Å². The first-order chi connectivity index (χ1) is 17.9. The number of methoxy groups -OCH3 is 2. The van der Waals surface area contributed by atoms with E-state index in [1.807, 2.05) is 18.2 Å². The Kier molecular flexibility index (Phi) is 8.03. The van der Waals surface area contributed by atoms with E-state index in [1.165, 1.54) is 9.80 Å². The Labute approximate surface area is 220 Å². The molecule has 0 saturated heterocycles. The molecule has 0 spiro atoms. The maximum Gasteiger partial charge on any atom is 0.322 e. The molecule has 2 aliphatic rings. The van der Waals surface area contributed by atoms with Gasteiger partial charge in [-0.05, 0) is 41.8 Å². The molecular formula is C27H29ClN4O5. The van der Waals surface area contributed by atoms with Gasteiger partial charge in [-0.3, -0.25) is 14.5 Å². The Balaban J connectivity index is 1.43. The van der Waals surface area contributed by atoms with Crippen LogP contribution in [0.15, 0.2) is 66.4 Å². The van der Waals surface area contributed by atoms with Crippen molar-refractivity contribution in [1.29, 1.82) is 0 Å². The second-order valence-electron chi connectivity index (χ2n) is 8.65. The van der Waals surface area contributed by atoms with Crippen molar-refractivity contribution < 1.29 is 23.9 Å². The van der Waals surface area contributed by atoms with Crippen LogP contribution in [0.5, 0.6) is 11.5 Å². The molecule has 2 aliphatic heterocycles. The summed E-state index contributed by atoms with van der Waals surface area (Å²) in [6.07, 6.45) is 2.18. The minimum absolute atomic E-state index is 0.129. The lowest BCUT2D eigenvalue weighted by Crippen LogP contribution is -2.47. The van der Waals surface area contributed by atoms with Gasteiger partial charge in [0, 0.05) is 18.1 Å². The topological polar surface area (TPSA) is 100 Å². The lowest BCUT2D eigenvalue weighted by Gasteiger charge is -2.33. The molecule has 2 aromatic carbocycles. The van der Waals surface area contributed by atoms with E-state index in [0.29, 0.717) is 46.3 Å². The minimum Gasteiger partial charge on any atom is -0.493 e. The Bertz CT molecular complexity index is 1260. The predicted molar refractivity (Wildman–Crippen MR) is 139 cm³/mol. The molecule has 0 saturated carbocycles. The van der Waals surface area contributed by atoms with E-state index < -0.39 is 6.04 Å². The number of rotatable bonds is 10. The number of urea groups is 1. The van der Waals surface area contributed by atoms with Crippen molar-refractivity contribution in [1.82, 2.24) is 20.4 Å². The molecule has 9 nitrogen and oxygen atoms in total. The van der Waals surface area contributed by atoms with Crippen LogP contribution in [0, 0.1) is 0 Å². The molecule has 37 heavy (non-hydrogen) atoms. The second-order valence-corrected chi connectivity index (χ2v) is 9.08. The molecule has 0 radical (unpaired) electrons. The molecule has 4 rings (SSSR count). The molecule has 0 bridgehead atoms. The molecule has 0 aliphatic carbocycles. The summed E-state index contributed by atoms with van der Waals surface area (Å²) < 4.78 is 10.6. The van der Waals surface area contributed by atoms with Crippen LogP contribution in [0.3, 0.4) is 0 Å². The Morgan fingerprint density at radius 3 is 2.68 bits per heavy atom. The first-order valence-electron chi connectivity index (χ1n) is 11.8. The zero-order valence-electron chi connectivity index (χ0n) is 20.8. The molecule has 2 aromatic rings. The van der Waals surface area contributed by atoms with Crippen molar-refractivity contribution >= 4 is 29.4 Å². The van der Waals surface area contributed by atoms with Crippen LogP contribution in [0.4, 0.5) is 4.79 Å². The van der Waals surface area contributed by atoms with Gasteiger partial charge >= 0.3 is 6.03 Å². The van der Waals surface area contributed by atoms with E-state index >= 15 is 0 Å². The molecule has 0 fully saturated rings. The maximum absolute atomic E-state index is 13.5. The summed E-state index contributed by atoms with van der Waals surface area (Å²) in [5.41, 5.74) is 2.67. The van der Waals surface area contributed by atoms with Gasteiger partial charge in [-0.25, -0.2) is 4.79 Å². The number of hydrogen-bond donors (Lipinski definition) is 2. The number of nitrogens with one attached hydrogen (secondary N) is 2. The third kappa shape index (κ3) is 5.56. The van der Waals surface area contributed by atoms with E-state index in [-0.39, 0.29) is 37.5 Å². The number of nitrogens with zero attached hydrogens (tertiary/aromatic N) is 2. The fourth-order valence-corrected chi connectivity index (χ4v) is 4.74. The van der Waals surface area contributed by atoms with Gasteiger partial charge in [-0.2, -0.15) is 0 Å². The number of carbonyl (C=O) groups excluding carboxylic acids is 3. The van der Waals surface area contributed by atoms with Crippen LogP contribution >= 0.6 is 11.6 Å². The van der Waals surface area contributed by atoms with E-state index in [2.05, 4.69) is 17.2 Å². The molecule has 1 atom stereocenters. The highest BCUT2D eigenvalue weighted by molar-refractivity contribution is 6.30. The fraction of sp³-hybridized carbons (Fsp3) is 0.296. The van der Waals surface area contributed by atoms with Crippen LogP contribution in [-0.4, -0.2) is 68.0 Å². The normalized spacial score (nSPS) is 16.9. The Morgan fingerprint density at radius 2 is 1.97 bits per heavy atom. The third-order valence-corrected chi connectivity index (χ3v) is 6.54. The van der Waals surface area contributed by atoms with Crippen LogP contribution in [0.2, 0.25) is 5.02 Å². The number of amides is 4. The van der Waals surface area contributed by atoms with Crippen molar-refractivity contribution in [2.24, 2.45) is 0 Å². The van der Waals surface area contributed by atoms with Crippen molar-refractivity contribution in [3.05, 3.63) is 82.5 Å². The standard InChI is InChI=1S/C27H29ClN4O5/c1-4-12-32-20-15-31(16-23(33)29-11-10-17-8-9-21(36-2)22(13-17)37-3)26(34)24(20)25(30-27(32)35)18-6-5-7-19(28)14-18/h4-9,13-14,25H,1,10-12,15-16H2,2-3H3,(H,29,33)(H,30,35)/t25-/m1/s1. The highest BCUT2D eigenvalue weighted by Crippen LogP contribution is 2.36. The van der Waals surface area contributed by atoms with Gasteiger partial charge in [0.2, 0.25) is 5.91 Å². The zero-order valence-corrected chi connectivity index (χ0v) is 21.5. The lowest BCUT2D eigenvalue weighted by atomic mass is 9.95.